The Balaban J connectivity index is 1.68. The van der Waals surface area contributed by atoms with E-state index in [2.05, 4.69) is 0 Å². The van der Waals surface area contributed by atoms with E-state index in [-0.39, 0.29) is 12.1 Å². The summed E-state index contributed by atoms with van der Waals surface area (Å²) in [6.07, 6.45) is 1.34. The van der Waals surface area contributed by atoms with Gasteiger partial charge in [0.2, 0.25) is 0 Å². The van der Waals surface area contributed by atoms with Gasteiger partial charge in [0.15, 0.2) is 0 Å². The van der Waals surface area contributed by atoms with E-state index < -0.39 is 5.41 Å². The van der Waals surface area contributed by atoms with Gasteiger partial charge in [0.1, 0.15) is 0 Å². The maximum absolute atomic E-state index is 12.5. The highest BCUT2D eigenvalue weighted by atomic mass is 35.5. The van der Waals surface area contributed by atoms with Crippen LogP contribution in [0.3, 0.4) is 0 Å². The van der Waals surface area contributed by atoms with Crippen molar-refractivity contribution >= 4 is 17.6 Å². The van der Waals surface area contributed by atoms with Crippen molar-refractivity contribution in [2.24, 2.45) is 0 Å². The zero-order chi connectivity index (χ0) is 17.0. The number of benzene rings is 2. The minimum atomic E-state index is -0.609. The fourth-order valence-electron chi connectivity index (χ4n) is 3.18. The van der Waals surface area contributed by atoms with Crippen LogP contribution in [0.2, 0.25) is 5.02 Å². The summed E-state index contributed by atoms with van der Waals surface area (Å²) in [6.45, 7) is 2.77. The smallest absolute Gasteiger partial charge is 0.316 e. The van der Waals surface area contributed by atoms with Gasteiger partial charge >= 0.3 is 5.97 Å². The maximum atomic E-state index is 12.5. The monoisotopic (exact) mass is 344 g/mol. The van der Waals surface area contributed by atoms with E-state index >= 15 is 0 Å². The van der Waals surface area contributed by atoms with Gasteiger partial charge in [-0.05, 0) is 43.0 Å². The average Bonchev–Trinajstić information content (AvgIpc) is 2.56. The minimum absolute atomic E-state index is 0.0605. The Morgan fingerprint density at radius 1 is 1.12 bits per heavy atom. The van der Waals surface area contributed by atoms with Gasteiger partial charge in [0.05, 0.1) is 24.7 Å². The summed E-state index contributed by atoms with van der Waals surface area (Å²) in [5, 5.41) is 0.661. The van der Waals surface area contributed by atoms with Gasteiger partial charge in [0.25, 0.3) is 0 Å². The lowest BCUT2D eigenvalue weighted by Gasteiger charge is -2.45. The fourth-order valence-corrected chi connectivity index (χ4v) is 3.31. The van der Waals surface area contributed by atoms with Crippen molar-refractivity contribution in [1.82, 2.24) is 0 Å². The molecule has 0 aliphatic heterocycles. The fraction of sp³-hybridized carbons (Fsp3) is 0.350. The van der Waals surface area contributed by atoms with E-state index in [1.54, 1.807) is 0 Å². The Bertz CT molecular complexity index is 676. The standard InChI is InChI=1S/C20H21ClO3/c1-2-23-19(22)20(16-8-10-17(21)11-9-16)12-18(13-20)24-14-15-6-4-3-5-7-15/h3-11,18H,2,12-14H2,1H3. The Morgan fingerprint density at radius 2 is 1.79 bits per heavy atom. The number of hydrogen-bond donors (Lipinski definition) is 0. The van der Waals surface area contributed by atoms with Gasteiger partial charge in [-0.15, -0.1) is 0 Å². The molecule has 0 N–H and O–H groups in total. The van der Waals surface area contributed by atoms with Crippen LogP contribution in [0, 0.1) is 0 Å². The highest BCUT2D eigenvalue weighted by Crippen LogP contribution is 2.47. The van der Waals surface area contributed by atoms with Crippen LogP contribution >= 0.6 is 11.6 Å². The lowest BCUT2D eigenvalue weighted by molar-refractivity contribution is -0.162. The number of esters is 1. The Kier molecular flexibility index (Phi) is 5.22. The summed E-state index contributed by atoms with van der Waals surface area (Å²) in [5.74, 6) is -0.174. The van der Waals surface area contributed by atoms with Crippen LogP contribution in [0.1, 0.15) is 30.9 Å². The Hall–Kier alpha value is -1.84. The number of halogens is 1. The first kappa shape index (κ1) is 17.0. The van der Waals surface area contributed by atoms with Gasteiger partial charge in [-0.1, -0.05) is 54.1 Å². The third kappa shape index (κ3) is 3.47. The predicted octanol–water partition coefficient (Wildman–Crippen LogP) is 4.52. The Morgan fingerprint density at radius 3 is 2.42 bits per heavy atom. The number of hydrogen-bond acceptors (Lipinski definition) is 3. The maximum Gasteiger partial charge on any atom is 0.316 e. The average molecular weight is 345 g/mol. The number of rotatable bonds is 6. The second-order valence-electron chi connectivity index (χ2n) is 6.14. The summed E-state index contributed by atoms with van der Waals surface area (Å²) in [6, 6.07) is 17.5. The van der Waals surface area contributed by atoms with Crippen LogP contribution in [0.4, 0.5) is 0 Å². The molecule has 0 aromatic heterocycles. The van der Waals surface area contributed by atoms with Crippen molar-refractivity contribution in [2.75, 3.05) is 6.61 Å². The summed E-state index contributed by atoms with van der Waals surface area (Å²) in [4.78, 5) is 12.5. The van der Waals surface area contributed by atoms with Gasteiger partial charge in [-0.3, -0.25) is 4.79 Å². The van der Waals surface area contributed by atoms with E-state index in [1.165, 1.54) is 0 Å². The normalized spacial score (nSPS) is 22.7. The molecule has 0 saturated heterocycles. The Labute approximate surface area is 147 Å². The first-order valence-corrected chi connectivity index (χ1v) is 8.60. The molecule has 0 unspecified atom stereocenters. The third-order valence-corrected chi connectivity index (χ3v) is 4.80. The first-order valence-electron chi connectivity index (χ1n) is 8.23. The van der Waals surface area contributed by atoms with Crippen molar-refractivity contribution in [2.45, 2.75) is 37.9 Å². The molecule has 1 aliphatic rings. The van der Waals surface area contributed by atoms with Crippen LogP contribution < -0.4 is 0 Å². The molecule has 4 heteroatoms. The highest BCUT2D eigenvalue weighted by molar-refractivity contribution is 6.30. The molecule has 0 amide bonds. The molecular formula is C20H21ClO3. The lowest BCUT2D eigenvalue weighted by atomic mass is 9.62. The molecule has 0 atom stereocenters. The molecule has 3 nitrogen and oxygen atoms in total. The van der Waals surface area contributed by atoms with E-state index in [4.69, 9.17) is 21.1 Å². The van der Waals surface area contributed by atoms with Crippen LogP contribution in [-0.2, 0) is 26.3 Å². The number of carbonyl (C=O) groups excluding carboxylic acids is 1. The van der Waals surface area contributed by atoms with E-state index in [9.17, 15) is 4.79 Å². The summed E-state index contributed by atoms with van der Waals surface area (Å²) in [7, 11) is 0. The topological polar surface area (TPSA) is 35.5 Å². The molecule has 0 radical (unpaired) electrons. The van der Waals surface area contributed by atoms with Crippen LogP contribution in [0.5, 0.6) is 0 Å². The predicted molar refractivity (Wildman–Crippen MR) is 94.0 cm³/mol. The molecule has 3 rings (SSSR count). The van der Waals surface area contributed by atoms with Crippen molar-refractivity contribution in [3.05, 3.63) is 70.7 Å². The quantitative estimate of drug-likeness (QED) is 0.723. The summed E-state index contributed by atoms with van der Waals surface area (Å²) in [5.41, 5.74) is 1.48. The van der Waals surface area contributed by atoms with Gasteiger partial charge < -0.3 is 9.47 Å². The zero-order valence-electron chi connectivity index (χ0n) is 13.7. The number of ether oxygens (including phenoxy) is 2. The number of carbonyl (C=O) groups is 1. The molecule has 1 saturated carbocycles. The van der Waals surface area contributed by atoms with E-state index in [1.807, 2.05) is 61.5 Å². The molecule has 0 spiro atoms. The van der Waals surface area contributed by atoms with Crippen molar-refractivity contribution in [1.29, 1.82) is 0 Å². The molecule has 1 fully saturated rings. The molecule has 1 aliphatic carbocycles. The van der Waals surface area contributed by atoms with Crippen molar-refractivity contribution in [3.8, 4) is 0 Å². The minimum Gasteiger partial charge on any atom is -0.465 e. The SMILES string of the molecule is CCOC(=O)C1(c2ccc(Cl)cc2)CC(OCc2ccccc2)C1. The highest BCUT2D eigenvalue weighted by Gasteiger charge is 2.53. The molecule has 126 valence electrons. The van der Waals surface area contributed by atoms with Crippen molar-refractivity contribution < 1.29 is 14.3 Å². The third-order valence-electron chi connectivity index (χ3n) is 4.54. The van der Waals surface area contributed by atoms with Crippen LogP contribution in [0.25, 0.3) is 0 Å². The first-order chi connectivity index (χ1) is 11.6. The van der Waals surface area contributed by atoms with E-state index in [0.29, 0.717) is 31.1 Å². The summed E-state index contributed by atoms with van der Waals surface area (Å²) < 4.78 is 11.3. The van der Waals surface area contributed by atoms with Gasteiger partial charge in [-0.2, -0.15) is 0 Å². The van der Waals surface area contributed by atoms with Crippen molar-refractivity contribution in [3.63, 3.8) is 0 Å². The molecule has 2 aromatic rings. The lowest BCUT2D eigenvalue weighted by Crippen LogP contribution is -2.52. The van der Waals surface area contributed by atoms with Gasteiger partial charge in [-0.25, -0.2) is 0 Å². The largest absolute Gasteiger partial charge is 0.465 e. The van der Waals surface area contributed by atoms with E-state index in [0.717, 1.165) is 11.1 Å². The second kappa shape index (κ2) is 7.37. The molecular weight excluding hydrogens is 324 g/mol. The zero-order valence-corrected chi connectivity index (χ0v) is 14.5. The second-order valence-corrected chi connectivity index (χ2v) is 6.57. The molecule has 2 aromatic carbocycles. The van der Waals surface area contributed by atoms with Crippen LogP contribution in [-0.4, -0.2) is 18.7 Å². The van der Waals surface area contributed by atoms with Crippen LogP contribution in [0.15, 0.2) is 54.6 Å². The molecule has 0 bridgehead atoms. The molecule has 24 heavy (non-hydrogen) atoms. The van der Waals surface area contributed by atoms with Gasteiger partial charge in [0, 0.05) is 5.02 Å². The molecule has 0 heterocycles. The summed E-state index contributed by atoms with van der Waals surface area (Å²) >= 11 is 5.97.